The second kappa shape index (κ2) is 12.6. The van der Waals surface area contributed by atoms with Crippen molar-refractivity contribution >= 4 is 24.2 Å². The predicted molar refractivity (Wildman–Crippen MR) is 114 cm³/mol. The summed E-state index contributed by atoms with van der Waals surface area (Å²) in [6, 6.07) is 7.75. The van der Waals surface area contributed by atoms with Crippen molar-refractivity contribution in [2.75, 3.05) is 39.8 Å². The van der Waals surface area contributed by atoms with Gasteiger partial charge in [0.2, 0.25) is 11.8 Å². The molecule has 2 rings (SSSR count). The van der Waals surface area contributed by atoms with Gasteiger partial charge in [0.25, 0.3) is 0 Å². The second-order valence-electron chi connectivity index (χ2n) is 6.93. The fourth-order valence-electron chi connectivity index (χ4n) is 3.64. The summed E-state index contributed by atoms with van der Waals surface area (Å²) in [7, 11) is 1.65. The number of hydrogen-bond donors (Lipinski definition) is 1. The molecule has 1 atom stereocenters. The Labute approximate surface area is 175 Å². The first-order chi connectivity index (χ1) is 13.1. The standard InChI is InChI=1S/C21H33N3O3.ClH/c1-4-13-23(14-5-2)20(25)10-11-21(26)24-15-12-22-16-18(24)17-8-6-7-9-19(17)27-3;/h6-9,18,22H,4-5,10-16H2,1-3H3;1H. The summed E-state index contributed by atoms with van der Waals surface area (Å²) in [6.45, 7) is 7.76. The molecule has 158 valence electrons. The number of halogens is 1. The number of para-hydroxylation sites is 1. The highest BCUT2D eigenvalue weighted by molar-refractivity contribution is 5.85. The number of methoxy groups -OCH3 is 1. The molecule has 0 spiro atoms. The third-order valence-electron chi connectivity index (χ3n) is 4.95. The lowest BCUT2D eigenvalue weighted by Crippen LogP contribution is -2.49. The van der Waals surface area contributed by atoms with E-state index in [9.17, 15) is 9.59 Å². The van der Waals surface area contributed by atoms with E-state index in [0.717, 1.165) is 43.8 Å². The highest BCUT2D eigenvalue weighted by atomic mass is 35.5. The van der Waals surface area contributed by atoms with E-state index in [0.29, 0.717) is 13.1 Å². The zero-order valence-corrected chi connectivity index (χ0v) is 18.1. The van der Waals surface area contributed by atoms with Gasteiger partial charge in [0.05, 0.1) is 13.2 Å². The summed E-state index contributed by atoms with van der Waals surface area (Å²) in [5.41, 5.74) is 1.01. The number of carbonyl (C=O) groups is 2. The Balaban J connectivity index is 0.00000392. The second-order valence-corrected chi connectivity index (χ2v) is 6.93. The van der Waals surface area contributed by atoms with Crippen LogP contribution in [0.4, 0.5) is 0 Å². The summed E-state index contributed by atoms with van der Waals surface area (Å²) in [5, 5.41) is 3.36. The third-order valence-corrected chi connectivity index (χ3v) is 4.95. The topological polar surface area (TPSA) is 61.9 Å². The maximum atomic E-state index is 12.9. The van der Waals surface area contributed by atoms with Crippen LogP contribution in [-0.2, 0) is 9.59 Å². The van der Waals surface area contributed by atoms with E-state index >= 15 is 0 Å². The van der Waals surface area contributed by atoms with Crippen molar-refractivity contribution in [1.29, 1.82) is 0 Å². The van der Waals surface area contributed by atoms with Crippen molar-refractivity contribution in [2.45, 2.75) is 45.6 Å². The lowest BCUT2D eigenvalue weighted by Gasteiger charge is -2.37. The van der Waals surface area contributed by atoms with E-state index in [-0.39, 0.29) is 43.1 Å². The van der Waals surface area contributed by atoms with Gasteiger partial charge in [-0.25, -0.2) is 0 Å². The smallest absolute Gasteiger partial charge is 0.223 e. The highest BCUT2D eigenvalue weighted by Crippen LogP contribution is 2.30. The van der Waals surface area contributed by atoms with Gasteiger partial charge < -0.3 is 19.9 Å². The Kier molecular flexibility index (Phi) is 10.9. The fourth-order valence-corrected chi connectivity index (χ4v) is 3.64. The maximum absolute atomic E-state index is 12.9. The van der Waals surface area contributed by atoms with Crippen LogP contribution < -0.4 is 10.1 Å². The van der Waals surface area contributed by atoms with Gasteiger partial charge in [-0.3, -0.25) is 9.59 Å². The molecule has 7 heteroatoms. The summed E-state index contributed by atoms with van der Waals surface area (Å²) < 4.78 is 5.48. The quantitative estimate of drug-likeness (QED) is 0.678. The van der Waals surface area contributed by atoms with Crippen molar-refractivity contribution in [3.05, 3.63) is 29.8 Å². The molecule has 0 aliphatic carbocycles. The summed E-state index contributed by atoms with van der Waals surface area (Å²) >= 11 is 0. The number of rotatable bonds is 9. The van der Waals surface area contributed by atoms with Crippen LogP contribution in [-0.4, -0.2) is 61.4 Å². The molecule has 28 heavy (non-hydrogen) atoms. The minimum absolute atomic E-state index is 0. The number of nitrogens with one attached hydrogen (secondary N) is 1. The van der Waals surface area contributed by atoms with Gasteiger partial charge in [0, 0.05) is 51.1 Å². The molecule has 0 bridgehead atoms. The SMILES string of the molecule is CCCN(CCC)C(=O)CCC(=O)N1CCNCC1c1ccccc1OC.Cl. The number of amides is 2. The molecule has 1 unspecified atom stereocenters. The Morgan fingerprint density at radius 1 is 1.18 bits per heavy atom. The van der Waals surface area contributed by atoms with Crippen LogP contribution in [0.15, 0.2) is 24.3 Å². The van der Waals surface area contributed by atoms with E-state index in [1.54, 1.807) is 7.11 Å². The van der Waals surface area contributed by atoms with Crippen molar-refractivity contribution < 1.29 is 14.3 Å². The first-order valence-corrected chi connectivity index (χ1v) is 10.0. The van der Waals surface area contributed by atoms with Gasteiger partial charge in [-0.1, -0.05) is 32.0 Å². The molecule has 1 N–H and O–H groups in total. The lowest BCUT2D eigenvalue weighted by atomic mass is 10.0. The maximum Gasteiger partial charge on any atom is 0.223 e. The van der Waals surface area contributed by atoms with E-state index in [2.05, 4.69) is 19.2 Å². The number of nitrogens with zero attached hydrogens (tertiary/aromatic N) is 2. The average molecular weight is 412 g/mol. The normalized spacial score (nSPS) is 16.2. The van der Waals surface area contributed by atoms with Crippen molar-refractivity contribution in [3.63, 3.8) is 0 Å². The minimum atomic E-state index is -0.0695. The van der Waals surface area contributed by atoms with Crippen LogP contribution in [0.2, 0.25) is 0 Å². The van der Waals surface area contributed by atoms with Gasteiger partial charge in [-0.15, -0.1) is 12.4 Å². The van der Waals surface area contributed by atoms with E-state index in [1.807, 2.05) is 34.1 Å². The Morgan fingerprint density at radius 2 is 1.86 bits per heavy atom. The van der Waals surface area contributed by atoms with E-state index < -0.39 is 0 Å². The van der Waals surface area contributed by atoms with Crippen LogP contribution in [0.25, 0.3) is 0 Å². The van der Waals surface area contributed by atoms with Crippen LogP contribution in [0, 0.1) is 0 Å². The van der Waals surface area contributed by atoms with Gasteiger partial charge in [0.1, 0.15) is 5.75 Å². The van der Waals surface area contributed by atoms with E-state index in [4.69, 9.17) is 4.74 Å². The van der Waals surface area contributed by atoms with Gasteiger partial charge in [-0.05, 0) is 18.9 Å². The Hall–Kier alpha value is -1.79. The molecular weight excluding hydrogens is 378 g/mol. The third kappa shape index (κ3) is 6.38. The molecular formula is C21H34ClN3O3. The lowest BCUT2D eigenvalue weighted by molar-refractivity contribution is -0.139. The largest absolute Gasteiger partial charge is 0.496 e. The van der Waals surface area contributed by atoms with E-state index in [1.165, 1.54) is 0 Å². The molecule has 1 aromatic rings. The molecule has 0 saturated carbocycles. The number of benzene rings is 1. The summed E-state index contributed by atoms with van der Waals surface area (Å²) in [5.74, 6) is 0.905. The van der Waals surface area contributed by atoms with Crippen LogP contribution in [0.3, 0.4) is 0 Å². The monoisotopic (exact) mass is 411 g/mol. The van der Waals surface area contributed by atoms with Crippen molar-refractivity contribution in [2.24, 2.45) is 0 Å². The zero-order chi connectivity index (χ0) is 19.6. The van der Waals surface area contributed by atoms with Gasteiger partial charge in [0.15, 0.2) is 0 Å². The first kappa shape index (κ1) is 24.2. The Bertz CT molecular complexity index is 621. The Morgan fingerprint density at radius 3 is 2.50 bits per heavy atom. The van der Waals surface area contributed by atoms with Gasteiger partial charge >= 0.3 is 0 Å². The summed E-state index contributed by atoms with van der Waals surface area (Å²) in [4.78, 5) is 29.2. The summed E-state index contributed by atoms with van der Waals surface area (Å²) in [6.07, 6.45) is 2.41. The molecule has 1 aliphatic rings. The molecule has 1 heterocycles. The van der Waals surface area contributed by atoms with Crippen molar-refractivity contribution in [1.82, 2.24) is 15.1 Å². The molecule has 6 nitrogen and oxygen atoms in total. The van der Waals surface area contributed by atoms with Gasteiger partial charge in [-0.2, -0.15) is 0 Å². The van der Waals surface area contributed by atoms with Crippen LogP contribution >= 0.6 is 12.4 Å². The van der Waals surface area contributed by atoms with Crippen LogP contribution in [0.1, 0.15) is 51.1 Å². The number of piperazine rings is 1. The van der Waals surface area contributed by atoms with Crippen molar-refractivity contribution in [3.8, 4) is 5.75 Å². The predicted octanol–water partition coefficient (Wildman–Crippen LogP) is 3.02. The molecule has 1 saturated heterocycles. The first-order valence-electron chi connectivity index (χ1n) is 10.0. The molecule has 1 fully saturated rings. The number of carbonyl (C=O) groups excluding carboxylic acids is 2. The highest BCUT2D eigenvalue weighted by Gasteiger charge is 2.30. The number of ether oxygens (including phenoxy) is 1. The molecule has 1 aromatic carbocycles. The molecule has 2 amide bonds. The fraction of sp³-hybridized carbons (Fsp3) is 0.619. The minimum Gasteiger partial charge on any atom is -0.496 e. The molecule has 1 aliphatic heterocycles. The zero-order valence-electron chi connectivity index (χ0n) is 17.3. The molecule has 0 radical (unpaired) electrons. The number of hydrogen-bond acceptors (Lipinski definition) is 4. The average Bonchev–Trinajstić information content (AvgIpc) is 2.71. The molecule has 0 aromatic heterocycles. The van der Waals surface area contributed by atoms with Crippen LogP contribution in [0.5, 0.6) is 5.75 Å².